The number of carbonyl (C=O) groups is 2. The second-order valence-corrected chi connectivity index (χ2v) is 8.38. The average Bonchev–Trinajstić information content (AvgIpc) is 2.53. The average molecular weight is 370 g/mol. The van der Waals surface area contributed by atoms with Gasteiger partial charge >= 0.3 is 5.97 Å². The Morgan fingerprint density at radius 2 is 1.76 bits per heavy atom. The van der Waals surface area contributed by atoms with Gasteiger partial charge in [-0.3, -0.25) is 4.79 Å². The lowest BCUT2D eigenvalue weighted by atomic mass is 9.96. The second kappa shape index (κ2) is 8.44. The third-order valence-corrected chi connectivity index (χ3v) is 5.16. The molecule has 0 fully saturated rings. The van der Waals surface area contributed by atoms with Crippen molar-refractivity contribution in [2.75, 3.05) is 6.54 Å². The minimum absolute atomic E-state index is 0.0549. The third kappa shape index (κ3) is 5.82. The fourth-order valence-corrected chi connectivity index (χ4v) is 3.40. The van der Waals surface area contributed by atoms with Gasteiger partial charge in [0.15, 0.2) is 0 Å². The van der Waals surface area contributed by atoms with Gasteiger partial charge in [-0.1, -0.05) is 27.2 Å². The van der Waals surface area contributed by atoms with Gasteiger partial charge < -0.3 is 10.4 Å². The number of carboxylic acid groups (broad SMARTS) is 1. The van der Waals surface area contributed by atoms with E-state index >= 15 is 0 Å². The van der Waals surface area contributed by atoms with Crippen molar-refractivity contribution in [1.29, 1.82) is 0 Å². The number of aliphatic carboxylic acids is 1. The Morgan fingerprint density at radius 1 is 1.20 bits per heavy atom. The van der Waals surface area contributed by atoms with Crippen LogP contribution in [0.15, 0.2) is 29.2 Å². The van der Waals surface area contributed by atoms with Crippen LogP contribution in [-0.4, -0.2) is 37.5 Å². The van der Waals surface area contributed by atoms with Gasteiger partial charge in [-0.2, -0.15) is 0 Å². The van der Waals surface area contributed by atoms with Crippen molar-refractivity contribution in [2.24, 2.45) is 5.92 Å². The number of rotatable bonds is 9. The number of hydrogen-bond donors (Lipinski definition) is 3. The van der Waals surface area contributed by atoms with Crippen molar-refractivity contribution in [1.82, 2.24) is 10.0 Å². The summed E-state index contributed by atoms with van der Waals surface area (Å²) in [6.07, 6.45) is 0.890. The molecule has 0 aliphatic rings. The van der Waals surface area contributed by atoms with Crippen LogP contribution in [-0.2, 0) is 14.8 Å². The number of hydrogen-bond acceptors (Lipinski definition) is 4. The highest BCUT2D eigenvalue weighted by Gasteiger charge is 2.34. The maximum absolute atomic E-state index is 12.3. The summed E-state index contributed by atoms with van der Waals surface area (Å²) in [5.41, 5.74) is -1.17. The highest BCUT2D eigenvalue weighted by molar-refractivity contribution is 7.89. The Bertz CT molecular complexity index is 713. The molecule has 0 saturated heterocycles. The largest absolute Gasteiger partial charge is 0.480 e. The van der Waals surface area contributed by atoms with Crippen LogP contribution in [0.5, 0.6) is 0 Å². The summed E-state index contributed by atoms with van der Waals surface area (Å²) in [7, 11) is -3.63. The number of amides is 1. The molecule has 7 nitrogen and oxygen atoms in total. The Kier molecular flexibility index (Phi) is 7.13. The van der Waals surface area contributed by atoms with E-state index in [-0.39, 0.29) is 16.4 Å². The van der Waals surface area contributed by atoms with Gasteiger partial charge in [0.2, 0.25) is 10.0 Å². The quantitative estimate of drug-likeness (QED) is 0.615. The Hall–Kier alpha value is -1.93. The first-order chi connectivity index (χ1) is 11.5. The molecule has 1 aromatic rings. The summed E-state index contributed by atoms with van der Waals surface area (Å²) in [6.45, 7) is 7.39. The summed E-state index contributed by atoms with van der Waals surface area (Å²) >= 11 is 0. The lowest BCUT2D eigenvalue weighted by Gasteiger charge is -2.25. The van der Waals surface area contributed by atoms with Crippen molar-refractivity contribution in [3.8, 4) is 0 Å². The molecule has 25 heavy (non-hydrogen) atoms. The monoisotopic (exact) mass is 370 g/mol. The Morgan fingerprint density at radius 3 is 2.20 bits per heavy atom. The zero-order valence-corrected chi connectivity index (χ0v) is 15.8. The van der Waals surface area contributed by atoms with E-state index in [0.29, 0.717) is 19.4 Å². The number of nitrogens with one attached hydrogen (secondary N) is 2. The molecule has 0 aromatic heterocycles. The van der Waals surface area contributed by atoms with E-state index in [2.05, 4.69) is 10.0 Å². The van der Waals surface area contributed by atoms with Crippen LogP contribution in [0.4, 0.5) is 0 Å². The summed E-state index contributed by atoms with van der Waals surface area (Å²) in [5.74, 6) is -1.50. The fraction of sp³-hybridized carbons (Fsp3) is 0.529. The molecule has 1 amide bonds. The lowest BCUT2D eigenvalue weighted by molar-refractivity contribution is -0.144. The van der Waals surface area contributed by atoms with Crippen LogP contribution < -0.4 is 10.0 Å². The maximum Gasteiger partial charge on any atom is 0.329 e. The summed E-state index contributed by atoms with van der Waals surface area (Å²) in [5, 5.41) is 11.8. The van der Waals surface area contributed by atoms with E-state index in [4.69, 9.17) is 0 Å². The normalized spacial score (nSPS) is 14.1. The van der Waals surface area contributed by atoms with Gasteiger partial charge in [-0.15, -0.1) is 0 Å². The number of carbonyl (C=O) groups excluding carboxylic acids is 1. The first-order valence-electron chi connectivity index (χ1n) is 8.17. The zero-order valence-electron chi connectivity index (χ0n) is 15.0. The Balaban J connectivity index is 2.92. The first-order valence-corrected chi connectivity index (χ1v) is 9.66. The smallest absolute Gasteiger partial charge is 0.329 e. The third-order valence-electron chi connectivity index (χ3n) is 3.72. The fourth-order valence-electron chi connectivity index (χ4n) is 2.19. The Labute approximate surface area is 148 Å². The summed E-state index contributed by atoms with van der Waals surface area (Å²) in [4.78, 5) is 23.7. The van der Waals surface area contributed by atoms with E-state index in [9.17, 15) is 23.1 Å². The molecule has 0 aliphatic carbocycles. The molecule has 0 bridgehead atoms. The van der Waals surface area contributed by atoms with E-state index in [1.807, 2.05) is 20.8 Å². The molecule has 0 spiro atoms. The topological polar surface area (TPSA) is 113 Å². The first kappa shape index (κ1) is 21.1. The molecule has 0 radical (unpaired) electrons. The predicted molar refractivity (Wildman–Crippen MR) is 94.9 cm³/mol. The molecular weight excluding hydrogens is 344 g/mol. The van der Waals surface area contributed by atoms with Gasteiger partial charge in [0.25, 0.3) is 5.91 Å². The highest BCUT2D eigenvalue weighted by Crippen LogP contribution is 2.15. The minimum Gasteiger partial charge on any atom is -0.480 e. The minimum atomic E-state index is -3.63. The van der Waals surface area contributed by atoms with E-state index < -0.39 is 27.4 Å². The van der Waals surface area contributed by atoms with Gasteiger partial charge in [-0.25, -0.2) is 17.9 Å². The standard InChI is InChI=1S/C17H26N2O5S/c1-5-10-17(4,16(21)22)19-15(20)13-6-8-14(9-7-13)25(23,24)18-11-12(2)3/h6-9,12,18H,5,10-11H2,1-4H3,(H,19,20)(H,21,22). The molecule has 0 saturated carbocycles. The van der Waals surface area contributed by atoms with E-state index in [1.165, 1.54) is 31.2 Å². The summed E-state index contributed by atoms with van der Waals surface area (Å²) < 4.78 is 26.8. The van der Waals surface area contributed by atoms with E-state index in [0.717, 1.165) is 0 Å². The van der Waals surface area contributed by atoms with Crippen molar-refractivity contribution >= 4 is 21.9 Å². The van der Waals surface area contributed by atoms with Crippen LogP contribution >= 0.6 is 0 Å². The lowest BCUT2D eigenvalue weighted by Crippen LogP contribution is -2.52. The van der Waals surface area contributed by atoms with Gasteiger partial charge in [0, 0.05) is 12.1 Å². The summed E-state index contributed by atoms with van der Waals surface area (Å²) in [6, 6.07) is 5.39. The molecule has 1 atom stereocenters. The second-order valence-electron chi connectivity index (χ2n) is 6.61. The molecule has 1 rings (SSSR count). The molecule has 0 aliphatic heterocycles. The van der Waals surface area contributed by atoms with Crippen molar-refractivity contribution in [2.45, 2.75) is 51.0 Å². The highest BCUT2D eigenvalue weighted by atomic mass is 32.2. The van der Waals surface area contributed by atoms with Crippen molar-refractivity contribution in [3.63, 3.8) is 0 Å². The number of benzene rings is 1. The van der Waals surface area contributed by atoms with Crippen LogP contribution in [0.25, 0.3) is 0 Å². The van der Waals surface area contributed by atoms with Gasteiger partial charge in [0.05, 0.1) is 4.90 Å². The van der Waals surface area contributed by atoms with Crippen LogP contribution in [0.1, 0.15) is 50.9 Å². The number of carboxylic acids is 1. The molecule has 140 valence electrons. The van der Waals surface area contributed by atoms with E-state index in [1.54, 1.807) is 0 Å². The van der Waals surface area contributed by atoms with Crippen LogP contribution in [0.2, 0.25) is 0 Å². The molecule has 0 heterocycles. The number of sulfonamides is 1. The van der Waals surface area contributed by atoms with Gasteiger partial charge in [-0.05, 0) is 43.5 Å². The SMILES string of the molecule is CCCC(C)(NC(=O)c1ccc(S(=O)(=O)NCC(C)C)cc1)C(=O)O. The molecule has 1 unspecified atom stereocenters. The maximum atomic E-state index is 12.3. The van der Waals surface area contributed by atoms with Crippen molar-refractivity contribution < 1.29 is 23.1 Å². The van der Waals surface area contributed by atoms with Crippen LogP contribution in [0.3, 0.4) is 0 Å². The van der Waals surface area contributed by atoms with Gasteiger partial charge in [0.1, 0.15) is 5.54 Å². The van der Waals surface area contributed by atoms with Crippen LogP contribution in [0, 0.1) is 5.92 Å². The molecular formula is C17H26N2O5S. The molecule has 1 aromatic carbocycles. The zero-order chi connectivity index (χ0) is 19.3. The van der Waals surface area contributed by atoms with Crippen molar-refractivity contribution in [3.05, 3.63) is 29.8 Å². The molecule has 8 heteroatoms. The molecule has 3 N–H and O–H groups in total. The predicted octanol–water partition coefficient (Wildman–Crippen LogP) is 1.99.